The number of anilines is 1. The molecule has 2 heterocycles. The van der Waals surface area contributed by atoms with E-state index in [-0.39, 0.29) is 0 Å². The van der Waals surface area contributed by atoms with Crippen LogP contribution in [0, 0.1) is 12.8 Å². The quantitative estimate of drug-likeness (QED) is 0.809. The third-order valence-corrected chi connectivity index (χ3v) is 3.02. The molecule has 1 fully saturated rings. The minimum Gasteiger partial charge on any atom is -0.374 e. The van der Waals surface area contributed by atoms with Crippen molar-refractivity contribution in [2.45, 2.75) is 13.3 Å². The van der Waals surface area contributed by atoms with Gasteiger partial charge in [-0.25, -0.2) is 0 Å². The lowest BCUT2D eigenvalue weighted by molar-refractivity contribution is 0.578. The Morgan fingerprint density at radius 2 is 2.47 bits per heavy atom. The number of hydrogen-bond acceptors (Lipinski definition) is 3. The Hall–Kier alpha value is -1.09. The minimum atomic E-state index is 0.795. The highest BCUT2D eigenvalue weighted by Crippen LogP contribution is 2.16. The number of hydrogen-bond donors (Lipinski definition) is 1. The van der Waals surface area contributed by atoms with Crippen LogP contribution in [-0.4, -0.2) is 31.7 Å². The summed E-state index contributed by atoms with van der Waals surface area (Å²) in [4.78, 5) is 6.54. The molecule has 0 radical (unpaired) electrons. The number of rotatable bonds is 3. The SMILES string of the molecule is Cc1cc(N(C)CC2CCNC2)ccn1. The van der Waals surface area contributed by atoms with Crippen LogP contribution in [0.3, 0.4) is 0 Å². The number of pyridine rings is 1. The molecule has 1 unspecified atom stereocenters. The lowest BCUT2D eigenvalue weighted by Gasteiger charge is -2.22. The summed E-state index contributed by atoms with van der Waals surface area (Å²) in [5, 5.41) is 3.40. The van der Waals surface area contributed by atoms with E-state index in [1.807, 2.05) is 13.1 Å². The molecule has 1 N–H and O–H groups in total. The van der Waals surface area contributed by atoms with Gasteiger partial charge in [-0.2, -0.15) is 0 Å². The summed E-state index contributed by atoms with van der Waals surface area (Å²) >= 11 is 0. The van der Waals surface area contributed by atoms with Gasteiger partial charge in [-0.3, -0.25) is 4.98 Å². The molecule has 1 aliphatic rings. The minimum absolute atomic E-state index is 0.795. The van der Waals surface area contributed by atoms with Crippen molar-refractivity contribution in [1.82, 2.24) is 10.3 Å². The van der Waals surface area contributed by atoms with Crippen LogP contribution in [0.15, 0.2) is 18.3 Å². The molecule has 1 aromatic rings. The van der Waals surface area contributed by atoms with Gasteiger partial charge in [0, 0.05) is 31.2 Å². The highest BCUT2D eigenvalue weighted by Gasteiger charge is 2.16. The van der Waals surface area contributed by atoms with E-state index in [4.69, 9.17) is 0 Å². The van der Waals surface area contributed by atoms with E-state index in [2.05, 4.69) is 34.4 Å². The molecule has 3 heteroatoms. The van der Waals surface area contributed by atoms with Gasteiger partial charge < -0.3 is 10.2 Å². The third-order valence-electron chi connectivity index (χ3n) is 3.02. The van der Waals surface area contributed by atoms with E-state index in [9.17, 15) is 0 Å². The molecular weight excluding hydrogens is 186 g/mol. The molecule has 0 spiro atoms. The predicted octanol–water partition coefficient (Wildman–Crippen LogP) is 1.44. The molecule has 0 saturated carbocycles. The van der Waals surface area contributed by atoms with Crippen molar-refractivity contribution < 1.29 is 0 Å². The summed E-state index contributed by atoms with van der Waals surface area (Å²) < 4.78 is 0. The largest absolute Gasteiger partial charge is 0.374 e. The van der Waals surface area contributed by atoms with Crippen LogP contribution in [0.2, 0.25) is 0 Å². The monoisotopic (exact) mass is 205 g/mol. The van der Waals surface area contributed by atoms with Gasteiger partial charge in [-0.05, 0) is 44.5 Å². The highest BCUT2D eigenvalue weighted by atomic mass is 15.1. The maximum Gasteiger partial charge on any atom is 0.0397 e. The first-order valence-electron chi connectivity index (χ1n) is 5.60. The van der Waals surface area contributed by atoms with Crippen molar-refractivity contribution in [3.8, 4) is 0 Å². The van der Waals surface area contributed by atoms with Gasteiger partial charge in [-0.1, -0.05) is 0 Å². The zero-order chi connectivity index (χ0) is 10.7. The van der Waals surface area contributed by atoms with Crippen LogP contribution in [0.5, 0.6) is 0 Å². The van der Waals surface area contributed by atoms with Crippen LogP contribution in [-0.2, 0) is 0 Å². The van der Waals surface area contributed by atoms with Crippen LogP contribution in [0.25, 0.3) is 0 Å². The highest BCUT2D eigenvalue weighted by molar-refractivity contribution is 5.45. The molecule has 1 aliphatic heterocycles. The van der Waals surface area contributed by atoms with Gasteiger partial charge in [0.15, 0.2) is 0 Å². The Morgan fingerprint density at radius 3 is 3.13 bits per heavy atom. The zero-order valence-electron chi connectivity index (χ0n) is 9.53. The van der Waals surface area contributed by atoms with Gasteiger partial charge in [0.2, 0.25) is 0 Å². The number of aryl methyl sites for hydroxylation is 1. The average molecular weight is 205 g/mol. The topological polar surface area (TPSA) is 28.2 Å². The summed E-state index contributed by atoms with van der Waals surface area (Å²) in [6, 6.07) is 4.22. The van der Waals surface area contributed by atoms with Crippen LogP contribution in [0.4, 0.5) is 5.69 Å². The van der Waals surface area contributed by atoms with Crippen LogP contribution < -0.4 is 10.2 Å². The van der Waals surface area contributed by atoms with E-state index >= 15 is 0 Å². The molecule has 0 bridgehead atoms. The molecule has 15 heavy (non-hydrogen) atoms. The normalized spacial score (nSPS) is 20.5. The zero-order valence-corrected chi connectivity index (χ0v) is 9.53. The smallest absolute Gasteiger partial charge is 0.0397 e. The van der Waals surface area contributed by atoms with Gasteiger partial charge in [-0.15, -0.1) is 0 Å². The van der Waals surface area contributed by atoms with E-state index in [1.54, 1.807) is 0 Å². The fraction of sp³-hybridized carbons (Fsp3) is 0.583. The Bertz CT molecular complexity index is 318. The van der Waals surface area contributed by atoms with Crippen molar-refractivity contribution in [2.75, 3.05) is 31.6 Å². The lowest BCUT2D eigenvalue weighted by Crippen LogP contribution is -2.26. The van der Waals surface area contributed by atoms with E-state index in [0.29, 0.717) is 0 Å². The standard InChI is InChI=1S/C12H19N3/c1-10-7-12(4-6-14-10)15(2)9-11-3-5-13-8-11/h4,6-7,11,13H,3,5,8-9H2,1-2H3. The Kier molecular flexibility index (Phi) is 3.21. The second kappa shape index (κ2) is 4.62. The average Bonchev–Trinajstić information content (AvgIpc) is 2.70. The molecule has 82 valence electrons. The van der Waals surface area contributed by atoms with Gasteiger partial charge in [0.25, 0.3) is 0 Å². The number of nitrogens with zero attached hydrogens (tertiary/aromatic N) is 2. The van der Waals surface area contributed by atoms with Gasteiger partial charge in [0.05, 0.1) is 0 Å². The Labute approximate surface area is 91.5 Å². The van der Waals surface area contributed by atoms with Crippen molar-refractivity contribution >= 4 is 5.69 Å². The van der Waals surface area contributed by atoms with Gasteiger partial charge >= 0.3 is 0 Å². The third kappa shape index (κ3) is 2.69. The molecule has 0 aliphatic carbocycles. The molecule has 1 atom stereocenters. The van der Waals surface area contributed by atoms with Crippen molar-refractivity contribution in [2.24, 2.45) is 5.92 Å². The van der Waals surface area contributed by atoms with Crippen molar-refractivity contribution in [1.29, 1.82) is 0 Å². The molecule has 1 saturated heterocycles. The summed E-state index contributed by atoms with van der Waals surface area (Å²) in [6.07, 6.45) is 3.18. The van der Waals surface area contributed by atoms with E-state index in [1.165, 1.54) is 18.7 Å². The van der Waals surface area contributed by atoms with Gasteiger partial charge in [0.1, 0.15) is 0 Å². The summed E-state index contributed by atoms with van der Waals surface area (Å²) in [6.45, 7) is 5.51. The number of aromatic nitrogens is 1. The fourth-order valence-electron chi connectivity index (χ4n) is 2.13. The van der Waals surface area contributed by atoms with Crippen LogP contribution in [0.1, 0.15) is 12.1 Å². The molecule has 0 aromatic carbocycles. The molecule has 1 aromatic heterocycles. The maximum atomic E-state index is 4.22. The van der Waals surface area contributed by atoms with E-state index in [0.717, 1.165) is 24.7 Å². The predicted molar refractivity (Wildman–Crippen MR) is 63.2 cm³/mol. The van der Waals surface area contributed by atoms with E-state index < -0.39 is 0 Å². The molecule has 2 rings (SSSR count). The summed E-state index contributed by atoms with van der Waals surface area (Å²) in [5.74, 6) is 0.795. The Balaban J connectivity index is 1.97. The van der Waals surface area contributed by atoms with Crippen molar-refractivity contribution in [3.63, 3.8) is 0 Å². The Morgan fingerprint density at radius 1 is 1.60 bits per heavy atom. The summed E-state index contributed by atoms with van der Waals surface area (Å²) in [7, 11) is 2.16. The number of nitrogens with one attached hydrogen (secondary N) is 1. The summed E-state index contributed by atoms with van der Waals surface area (Å²) in [5.41, 5.74) is 2.36. The lowest BCUT2D eigenvalue weighted by atomic mass is 10.1. The van der Waals surface area contributed by atoms with Crippen LogP contribution >= 0.6 is 0 Å². The molecule has 3 nitrogen and oxygen atoms in total. The molecule has 0 amide bonds. The second-order valence-electron chi connectivity index (χ2n) is 4.39. The first-order valence-corrected chi connectivity index (χ1v) is 5.60. The first-order chi connectivity index (χ1) is 7.25. The fourth-order valence-corrected chi connectivity index (χ4v) is 2.13. The first kappa shape index (κ1) is 10.4. The maximum absolute atomic E-state index is 4.22. The second-order valence-corrected chi connectivity index (χ2v) is 4.39. The van der Waals surface area contributed by atoms with Crippen molar-refractivity contribution in [3.05, 3.63) is 24.0 Å². The molecular formula is C12H19N3.